The molecule has 3 nitrogen and oxygen atoms in total. The van der Waals surface area contributed by atoms with E-state index in [-0.39, 0.29) is 0 Å². The topological polar surface area (TPSA) is 24.5 Å². The van der Waals surface area contributed by atoms with Gasteiger partial charge in [0.05, 0.1) is 6.10 Å². The van der Waals surface area contributed by atoms with E-state index in [1.807, 2.05) is 0 Å². The molecule has 2 aliphatic heterocycles. The van der Waals surface area contributed by atoms with Gasteiger partial charge >= 0.3 is 0 Å². The molecular weight excluding hydrogens is 212 g/mol. The number of hydrogen-bond donors (Lipinski definition) is 1. The zero-order chi connectivity index (χ0) is 12.3. The van der Waals surface area contributed by atoms with E-state index in [0.717, 1.165) is 12.5 Å². The van der Waals surface area contributed by atoms with Gasteiger partial charge in [0.1, 0.15) is 0 Å². The van der Waals surface area contributed by atoms with Crippen molar-refractivity contribution in [1.29, 1.82) is 0 Å². The fourth-order valence-electron chi connectivity index (χ4n) is 3.05. The molecule has 0 aliphatic carbocycles. The first-order valence-electron chi connectivity index (χ1n) is 7.25. The Labute approximate surface area is 106 Å². The highest BCUT2D eigenvalue weighted by Crippen LogP contribution is 2.17. The number of nitrogens with zero attached hydrogens (tertiary/aromatic N) is 1. The number of nitrogens with one attached hydrogen (secondary N) is 1. The predicted octanol–water partition coefficient (Wildman–Crippen LogP) is 1.87. The summed E-state index contributed by atoms with van der Waals surface area (Å²) in [6, 6.07) is 1.31. The predicted molar refractivity (Wildman–Crippen MR) is 71.3 cm³/mol. The summed E-state index contributed by atoms with van der Waals surface area (Å²) in [6.07, 6.45) is 4.20. The highest BCUT2D eigenvalue weighted by Gasteiger charge is 2.28. The van der Waals surface area contributed by atoms with Crippen LogP contribution in [0.5, 0.6) is 0 Å². The van der Waals surface area contributed by atoms with Crippen molar-refractivity contribution in [3.8, 4) is 0 Å². The van der Waals surface area contributed by atoms with Crippen LogP contribution in [0.25, 0.3) is 0 Å². The SMILES string of the molecule is CC(C)CN1CCC(NC2CCOC2C)CC1. The van der Waals surface area contributed by atoms with Gasteiger partial charge in [-0.25, -0.2) is 0 Å². The molecule has 2 heterocycles. The van der Waals surface area contributed by atoms with Crippen LogP contribution in [0, 0.1) is 5.92 Å². The zero-order valence-corrected chi connectivity index (χ0v) is 11.6. The maximum atomic E-state index is 5.61. The minimum absolute atomic E-state index is 0.406. The monoisotopic (exact) mass is 240 g/mol. The van der Waals surface area contributed by atoms with Crippen LogP contribution in [-0.2, 0) is 4.74 Å². The van der Waals surface area contributed by atoms with Crippen molar-refractivity contribution in [1.82, 2.24) is 10.2 Å². The lowest BCUT2D eigenvalue weighted by molar-refractivity contribution is 0.105. The van der Waals surface area contributed by atoms with Crippen molar-refractivity contribution >= 4 is 0 Å². The van der Waals surface area contributed by atoms with Gasteiger partial charge in [0, 0.05) is 25.2 Å². The van der Waals surface area contributed by atoms with E-state index in [0.29, 0.717) is 18.2 Å². The molecule has 0 aromatic heterocycles. The van der Waals surface area contributed by atoms with E-state index in [9.17, 15) is 0 Å². The number of hydrogen-bond acceptors (Lipinski definition) is 3. The van der Waals surface area contributed by atoms with Crippen LogP contribution in [-0.4, -0.2) is 49.3 Å². The van der Waals surface area contributed by atoms with Gasteiger partial charge in [0.25, 0.3) is 0 Å². The number of likely N-dealkylation sites (tertiary alicyclic amines) is 1. The van der Waals surface area contributed by atoms with Crippen molar-refractivity contribution in [3.63, 3.8) is 0 Å². The van der Waals surface area contributed by atoms with E-state index >= 15 is 0 Å². The van der Waals surface area contributed by atoms with Gasteiger partial charge in [0.2, 0.25) is 0 Å². The fraction of sp³-hybridized carbons (Fsp3) is 1.00. The molecule has 100 valence electrons. The summed E-state index contributed by atoms with van der Waals surface area (Å²) < 4.78 is 5.61. The summed E-state index contributed by atoms with van der Waals surface area (Å²) in [5, 5.41) is 3.79. The van der Waals surface area contributed by atoms with E-state index < -0.39 is 0 Å². The number of piperidine rings is 1. The van der Waals surface area contributed by atoms with Crippen molar-refractivity contribution in [3.05, 3.63) is 0 Å². The van der Waals surface area contributed by atoms with Crippen LogP contribution in [0.15, 0.2) is 0 Å². The minimum Gasteiger partial charge on any atom is -0.377 e. The van der Waals surface area contributed by atoms with E-state index in [1.165, 1.54) is 38.9 Å². The van der Waals surface area contributed by atoms with Gasteiger partial charge in [0.15, 0.2) is 0 Å². The number of rotatable bonds is 4. The summed E-state index contributed by atoms with van der Waals surface area (Å²) in [7, 11) is 0. The van der Waals surface area contributed by atoms with Crippen molar-refractivity contribution in [2.24, 2.45) is 5.92 Å². The molecule has 0 aromatic rings. The Morgan fingerprint density at radius 3 is 2.47 bits per heavy atom. The van der Waals surface area contributed by atoms with Crippen molar-refractivity contribution < 1.29 is 4.74 Å². The van der Waals surface area contributed by atoms with Gasteiger partial charge in [-0.2, -0.15) is 0 Å². The first-order chi connectivity index (χ1) is 8.15. The Balaban J connectivity index is 1.68. The molecule has 2 fully saturated rings. The Morgan fingerprint density at radius 2 is 1.94 bits per heavy atom. The van der Waals surface area contributed by atoms with Gasteiger partial charge in [-0.3, -0.25) is 0 Å². The summed E-state index contributed by atoms with van der Waals surface area (Å²) >= 11 is 0. The molecule has 17 heavy (non-hydrogen) atoms. The quantitative estimate of drug-likeness (QED) is 0.812. The van der Waals surface area contributed by atoms with Crippen LogP contribution in [0.2, 0.25) is 0 Å². The molecule has 0 radical (unpaired) electrons. The van der Waals surface area contributed by atoms with Crippen LogP contribution < -0.4 is 5.32 Å². The minimum atomic E-state index is 0.406. The molecule has 2 atom stereocenters. The molecule has 0 spiro atoms. The van der Waals surface area contributed by atoms with Crippen molar-refractivity contribution in [2.45, 2.75) is 58.2 Å². The van der Waals surface area contributed by atoms with Crippen LogP contribution >= 0.6 is 0 Å². The molecule has 1 N–H and O–H groups in total. The Hall–Kier alpha value is -0.120. The molecule has 3 heteroatoms. The Kier molecular flexibility index (Phi) is 4.83. The lowest BCUT2D eigenvalue weighted by Crippen LogP contribution is -2.48. The molecule has 2 saturated heterocycles. The van der Waals surface area contributed by atoms with Crippen LogP contribution in [0.3, 0.4) is 0 Å². The second kappa shape index (κ2) is 6.17. The van der Waals surface area contributed by atoms with Gasteiger partial charge in [-0.05, 0) is 45.2 Å². The third-order valence-corrected chi connectivity index (χ3v) is 4.04. The molecular formula is C14H28N2O. The molecule has 0 amide bonds. The molecule has 2 rings (SSSR count). The zero-order valence-electron chi connectivity index (χ0n) is 11.6. The molecule has 0 saturated carbocycles. The fourth-order valence-corrected chi connectivity index (χ4v) is 3.05. The maximum absolute atomic E-state index is 5.61. The third kappa shape index (κ3) is 3.94. The van der Waals surface area contributed by atoms with Gasteiger partial charge in [-0.1, -0.05) is 13.8 Å². The second-order valence-corrected chi connectivity index (χ2v) is 6.11. The van der Waals surface area contributed by atoms with E-state index in [1.54, 1.807) is 0 Å². The first-order valence-corrected chi connectivity index (χ1v) is 7.25. The summed E-state index contributed by atoms with van der Waals surface area (Å²) in [5.41, 5.74) is 0. The largest absolute Gasteiger partial charge is 0.377 e. The van der Waals surface area contributed by atoms with Crippen LogP contribution in [0.1, 0.15) is 40.0 Å². The summed E-state index contributed by atoms with van der Waals surface area (Å²) in [6.45, 7) is 11.5. The molecule has 2 aliphatic rings. The standard InChI is InChI=1S/C14H28N2O/c1-11(2)10-16-7-4-13(5-8-16)15-14-6-9-17-12(14)3/h11-15H,4-10H2,1-3H3. The molecule has 0 aromatic carbocycles. The number of ether oxygens (including phenoxy) is 1. The Morgan fingerprint density at radius 1 is 1.24 bits per heavy atom. The third-order valence-electron chi connectivity index (χ3n) is 4.04. The highest BCUT2D eigenvalue weighted by molar-refractivity contribution is 4.85. The molecule has 2 unspecified atom stereocenters. The van der Waals surface area contributed by atoms with E-state index in [4.69, 9.17) is 4.74 Å². The summed E-state index contributed by atoms with van der Waals surface area (Å²) in [4.78, 5) is 2.61. The average Bonchev–Trinajstić information content (AvgIpc) is 2.67. The smallest absolute Gasteiger partial charge is 0.0700 e. The van der Waals surface area contributed by atoms with Gasteiger partial charge < -0.3 is 15.0 Å². The second-order valence-electron chi connectivity index (χ2n) is 6.11. The maximum Gasteiger partial charge on any atom is 0.0700 e. The molecule has 0 bridgehead atoms. The first kappa shape index (κ1) is 13.3. The van der Waals surface area contributed by atoms with Crippen LogP contribution in [0.4, 0.5) is 0 Å². The lowest BCUT2D eigenvalue weighted by atomic mass is 10.0. The normalized spacial score (nSPS) is 32.5. The highest BCUT2D eigenvalue weighted by atomic mass is 16.5. The van der Waals surface area contributed by atoms with E-state index in [2.05, 4.69) is 31.0 Å². The van der Waals surface area contributed by atoms with Gasteiger partial charge in [-0.15, -0.1) is 0 Å². The van der Waals surface area contributed by atoms with Crippen molar-refractivity contribution in [2.75, 3.05) is 26.2 Å². The lowest BCUT2D eigenvalue weighted by Gasteiger charge is -2.35. The Bertz CT molecular complexity index is 224. The average molecular weight is 240 g/mol. The summed E-state index contributed by atoms with van der Waals surface area (Å²) in [5.74, 6) is 0.794.